The zero-order valence-electron chi connectivity index (χ0n) is 11.6. The molecule has 3 rings (SSSR count). The molecule has 3 aromatic rings. The summed E-state index contributed by atoms with van der Waals surface area (Å²) in [5.41, 5.74) is 2.81. The lowest BCUT2D eigenvalue weighted by Gasteiger charge is -2.07. The number of rotatable bonds is 4. The Hall–Kier alpha value is -2.43. The highest BCUT2D eigenvalue weighted by atomic mass is 15.1. The maximum absolute atomic E-state index is 4.54. The average Bonchev–Trinajstić information content (AvgIpc) is 2.86. The summed E-state index contributed by atoms with van der Waals surface area (Å²) < 4.78 is 0. The Labute approximate surface area is 117 Å². The van der Waals surface area contributed by atoms with Gasteiger partial charge in [-0.2, -0.15) is 0 Å². The highest BCUT2D eigenvalue weighted by Crippen LogP contribution is 2.19. The molecule has 2 heterocycles. The van der Waals surface area contributed by atoms with Crippen LogP contribution in [0.15, 0.2) is 30.3 Å². The molecule has 0 atom stereocenters. The van der Waals surface area contributed by atoms with E-state index in [9.17, 15) is 0 Å². The summed E-state index contributed by atoms with van der Waals surface area (Å²) in [6, 6.07) is 10.2. The number of aryl methyl sites for hydroxylation is 2. The molecule has 2 aromatic heterocycles. The Balaban J connectivity index is 1.93. The van der Waals surface area contributed by atoms with Crippen LogP contribution in [-0.4, -0.2) is 19.9 Å². The molecule has 0 spiro atoms. The lowest BCUT2D eigenvalue weighted by Crippen LogP contribution is -2.05. The number of fused-ring (bicyclic) bond motifs is 1. The Morgan fingerprint density at radius 3 is 2.65 bits per heavy atom. The predicted molar refractivity (Wildman–Crippen MR) is 79.6 cm³/mol. The van der Waals surface area contributed by atoms with Crippen molar-refractivity contribution in [3.05, 3.63) is 47.5 Å². The van der Waals surface area contributed by atoms with Gasteiger partial charge in [-0.3, -0.25) is 0 Å². The molecule has 2 N–H and O–H groups in total. The summed E-state index contributed by atoms with van der Waals surface area (Å²) in [6.07, 6.45) is 0.800. The number of benzene rings is 1. The SMILES string of the molecule is CCc1nc(NCc2ccccc2)c2nc(C)[nH]c2n1. The zero-order chi connectivity index (χ0) is 13.9. The molecule has 102 valence electrons. The van der Waals surface area contributed by atoms with Crippen molar-refractivity contribution in [1.29, 1.82) is 0 Å². The van der Waals surface area contributed by atoms with Gasteiger partial charge in [0.1, 0.15) is 11.6 Å². The number of aromatic amines is 1. The standard InChI is InChI=1S/C15H17N5/c1-3-12-19-14(13-15(20-12)18-10(2)17-13)16-9-11-7-5-4-6-8-11/h4-8H,3,9H2,1-2H3,(H2,16,17,18,19,20). The van der Waals surface area contributed by atoms with Gasteiger partial charge < -0.3 is 10.3 Å². The summed E-state index contributed by atoms with van der Waals surface area (Å²) >= 11 is 0. The van der Waals surface area contributed by atoms with E-state index in [1.54, 1.807) is 0 Å². The second-order valence-corrected chi connectivity index (χ2v) is 4.70. The van der Waals surface area contributed by atoms with Crippen LogP contribution >= 0.6 is 0 Å². The molecule has 0 fully saturated rings. The number of nitrogens with zero attached hydrogens (tertiary/aromatic N) is 3. The minimum Gasteiger partial charge on any atom is -0.364 e. The van der Waals surface area contributed by atoms with Crippen LogP contribution in [0.3, 0.4) is 0 Å². The third kappa shape index (κ3) is 2.47. The number of hydrogen-bond donors (Lipinski definition) is 2. The van der Waals surface area contributed by atoms with Crippen molar-refractivity contribution in [3.8, 4) is 0 Å². The summed E-state index contributed by atoms with van der Waals surface area (Å²) in [5.74, 6) is 2.46. The van der Waals surface area contributed by atoms with E-state index in [2.05, 4.69) is 37.4 Å². The fourth-order valence-electron chi connectivity index (χ4n) is 2.12. The first-order valence-corrected chi connectivity index (χ1v) is 6.77. The van der Waals surface area contributed by atoms with Gasteiger partial charge in [0.2, 0.25) is 0 Å². The molecule has 0 saturated carbocycles. The van der Waals surface area contributed by atoms with E-state index < -0.39 is 0 Å². The number of H-pyrrole nitrogens is 1. The number of anilines is 1. The fourth-order valence-corrected chi connectivity index (χ4v) is 2.12. The summed E-state index contributed by atoms with van der Waals surface area (Å²) in [7, 11) is 0. The molecular formula is C15H17N5. The minimum atomic E-state index is 0.724. The van der Waals surface area contributed by atoms with Crippen LogP contribution in [0.2, 0.25) is 0 Å². The lowest BCUT2D eigenvalue weighted by atomic mass is 10.2. The van der Waals surface area contributed by atoms with Gasteiger partial charge in [-0.05, 0) is 12.5 Å². The molecule has 0 aliphatic heterocycles. The topological polar surface area (TPSA) is 66.5 Å². The van der Waals surface area contributed by atoms with Crippen LogP contribution in [0.5, 0.6) is 0 Å². The highest BCUT2D eigenvalue weighted by molar-refractivity contribution is 5.82. The molecular weight excluding hydrogens is 250 g/mol. The maximum Gasteiger partial charge on any atom is 0.163 e. The zero-order valence-corrected chi connectivity index (χ0v) is 11.6. The Kier molecular flexibility index (Phi) is 3.33. The molecule has 0 amide bonds. The molecule has 0 bridgehead atoms. The van der Waals surface area contributed by atoms with E-state index in [-0.39, 0.29) is 0 Å². The van der Waals surface area contributed by atoms with Crippen molar-refractivity contribution in [1.82, 2.24) is 19.9 Å². The number of nitrogens with one attached hydrogen (secondary N) is 2. The quantitative estimate of drug-likeness (QED) is 0.762. The van der Waals surface area contributed by atoms with Crippen LogP contribution in [0, 0.1) is 6.92 Å². The lowest BCUT2D eigenvalue weighted by molar-refractivity contribution is 0.948. The van der Waals surface area contributed by atoms with E-state index in [1.165, 1.54) is 5.56 Å². The van der Waals surface area contributed by atoms with Crippen LogP contribution in [0.4, 0.5) is 5.82 Å². The van der Waals surface area contributed by atoms with Crippen LogP contribution in [0.25, 0.3) is 11.2 Å². The Morgan fingerprint density at radius 2 is 1.90 bits per heavy atom. The molecule has 5 nitrogen and oxygen atoms in total. The predicted octanol–water partition coefficient (Wildman–Crippen LogP) is 2.84. The van der Waals surface area contributed by atoms with Gasteiger partial charge >= 0.3 is 0 Å². The molecule has 20 heavy (non-hydrogen) atoms. The van der Waals surface area contributed by atoms with E-state index in [4.69, 9.17) is 0 Å². The van der Waals surface area contributed by atoms with Crippen molar-refractivity contribution in [2.75, 3.05) is 5.32 Å². The third-order valence-electron chi connectivity index (χ3n) is 3.13. The largest absolute Gasteiger partial charge is 0.364 e. The molecule has 0 radical (unpaired) electrons. The van der Waals surface area contributed by atoms with Gasteiger partial charge in [0.05, 0.1) is 0 Å². The highest BCUT2D eigenvalue weighted by Gasteiger charge is 2.10. The normalized spacial score (nSPS) is 10.9. The number of imidazole rings is 1. The number of hydrogen-bond acceptors (Lipinski definition) is 4. The molecule has 0 unspecified atom stereocenters. The minimum absolute atomic E-state index is 0.724. The van der Waals surface area contributed by atoms with Crippen molar-refractivity contribution in [2.45, 2.75) is 26.8 Å². The summed E-state index contributed by atoms with van der Waals surface area (Å²) in [6.45, 7) is 4.70. The first-order valence-electron chi connectivity index (χ1n) is 6.77. The van der Waals surface area contributed by atoms with Gasteiger partial charge in [0.25, 0.3) is 0 Å². The molecule has 0 aliphatic rings. The second kappa shape index (κ2) is 5.28. The number of aromatic nitrogens is 4. The Bertz CT molecular complexity index is 718. The van der Waals surface area contributed by atoms with Crippen LogP contribution < -0.4 is 5.32 Å². The average molecular weight is 267 g/mol. The Morgan fingerprint density at radius 1 is 1.10 bits per heavy atom. The second-order valence-electron chi connectivity index (χ2n) is 4.70. The van der Waals surface area contributed by atoms with Crippen LogP contribution in [-0.2, 0) is 13.0 Å². The van der Waals surface area contributed by atoms with E-state index in [1.807, 2.05) is 32.0 Å². The summed E-state index contributed by atoms with van der Waals surface area (Å²) in [5, 5.41) is 3.36. The molecule has 0 aliphatic carbocycles. The van der Waals surface area contributed by atoms with E-state index in [0.29, 0.717) is 0 Å². The van der Waals surface area contributed by atoms with Gasteiger partial charge in [-0.25, -0.2) is 15.0 Å². The molecule has 5 heteroatoms. The van der Waals surface area contributed by atoms with Crippen molar-refractivity contribution >= 4 is 17.0 Å². The van der Waals surface area contributed by atoms with Gasteiger partial charge in [-0.15, -0.1) is 0 Å². The monoisotopic (exact) mass is 267 g/mol. The van der Waals surface area contributed by atoms with Gasteiger partial charge in [0, 0.05) is 13.0 Å². The molecule has 1 aromatic carbocycles. The van der Waals surface area contributed by atoms with Crippen molar-refractivity contribution in [3.63, 3.8) is 0 Å². The third-order valence-corrected chi connectivity index (χ3v) is 3.13. The van der Waals surface area contributed by atoms with Crippen molar-refractivity contribution < 1.29 is 0 Å². The van der Waals surface area contributed by atoms with Crippen LogP contribution in [0.1, 0.15) is 24.1 Å². The van der Waals surface area contributed by atoms with E-state index in [0.717, 1.165) is 41.6 Å². The first kappa shape index (κ1) is 12.6. The van der Waals surface area contributed by atoms with Crippen molar-refractivity contribution in [2.24, 2.45) is 0 Å². The first-order chi connectivity index (χ1) is 9.76. The van der Waals surface area contributed by atoms with E-state index >= 15 is 0 Å². The molecule has 0 saturated heterocycles. The summed E-state index contributed by atoms with van der Waals surface area (Å²) in [4.78, 5) is 16.6. The van der Waals surface area contributed by atoms with Gasteiger partial charge in [0.15, 0.2) is 17.0 Å². The smallest absolute Gasteiger partial charge is 0.163 e. The fraction of sp³-hybridized carbons (Fsp3) is 0.267. The maximum atomic E-state index is 4.54. The van der Waals surface area contributed by atoms with Gasteiger partial charge in [-0.1, -0.05) is 37.3 Å².